The average Bonchev–Trinajstić information content (AvgIpc) is 3.62. The number of hydrogen-bond donors (Lipinski definition) is 2. The molecule has 2 N–H and O–H groups in total. The summed E-state index contributed by atoms with van der Waals surface area (Å²) in [6, 6.07) is -0.201. The second-order valence-corrected chi connectivity index (χ2v) is 9.95. The van der Waals surface area contributed by atoms with Gasteiger partial charge in [0.25, 0.3) is 0 Å². The van der Waals surface area contributed by atoms with Crippen LogP contribution in [0.5, 0.6) is 0 Å². The lowest BCUT2D eigenvalue weighted by molar-refractivity contribution is -0.117. The van der Waals surface area contributed by atoms with Gasteiger partial charge in [0.1, 0.15) is 6.17 Å². The second-order valence-electron chi connectivity index (χ2n) is 9.95. The number of nitrogens with zero attached hydrogens (tertiary/aromatic N) is 8. The highest BCUT2D eigenvalue weighted by atomic mass is 19.1. The topological polar surface area (TPSA) is 109 Å². The molecule has 3 atom stereocenters. The Morgan fingerprint density at radius 2 is 2.08 bits per heavy atom. The van der Waals surface area contributed by atoms with Crippen LogP contribution < -0.4 is 15.5 Å². The van der Waals surface area contributed by atoms with Gasteiger partial charge in [0.15, 0.2) is 17.0 Å². The summed E-state index contributed by atoms with van der Waals surface area (Å²) >= 11 is 0. The van der Waals surface area contributed by atoms with Crippen molar-refractivity contribution in [3.63, 3.8) is 0 Å². The minimum absolute atomic E-state index is 0.0784. The smallest absolute Gasteiger partial charge is 0.243 e. The van der Waals surface area contributed by atoms with Crippen LogP contribution in [0.4, 0.5) is 21.8 Å². The molecule has 2 aliphatic heterocycles. The molecule has 36 heavy (non-hydrogen) atoms. The molecule has 5 rings (SSSR count). The molecule has 0 radical (unpaired) electrons. The highest BCUT2D eigenvalue weighted by Crippen LogP contribution is 2.31. The van der Waals surface area contributed by atoms with E-state index in [1.165, 1.54) is 0 Å². The zero-order chi connectivity index (χ0) is 25.6. The maximum atomic E-state index is 14.8. The largest absolute Gasteiger partial charge is 0.345 e. The highest BCUT2D eigenvalue weighted by Gasteiger charge is 2.35. The van der Waals surface area contributed by atoms with Gasteiger partial charge in [0.2, 0.25) is 11.9 Å². The molecule has 0 aromatic carbocycles. The van der Waals surface area contributed by atoms with E-state index in [4.69, 9.17) is 9.97 Å². The molecule has 0 unspecified atom stereocenters. The van der Waals surface area contributed by atoms with Crippen LogP contribution >= 0.6 is 0 Å². The normalized spacial score (nSPS) is 22.6. The van der Waals surface area contributed by atoms with E-state index in [0.717, 1.165) is 37.0 Å². The van der Waals surface area contributed by atoms with Crippen molar-refractivity contribution in [2.24, 2.45) is 0 Å². The van der Waals surface area contributed by atoms with Crippen LogP contribution in [-0.2, 0) is 4.79 Å². The lowest BCUT2D eigenvalue weighted by atomic mass is 10.2. The first-order valence-electron chi connectivity index (χ1n) is 12.3. The van der Waals surface area contributed by atoms with Gasteiger partial charge >= 0.3 is 0 Å². The van der Waals surface area contributed by atoms with E-state index in [1.54, 1.807) is 11.2 Å². The maximum absolute atomic E-state index is 14.8. The van der Waals surface area contributed by atoms with Crippen molar-refractivity contribution in [2.75, 3.05) is 43.4 Å². The minimum Gasteiger partial charge on any atom is -0.345 e. The highest BCUT2D eigenvalue weighted by molar-refractivity contribution is 5.88. The van der Waals surface area contributed by atoms with Crippen LogP contribution in [-0.4, -0.2) is 85.5 Å². The molecular formula is C24H33FN10O. The Labute approximate surface area is 209 Å². The van der Waals surface area contributed by atoms with E-state index >= 15 is 0 Å². The lowest BCUT2D eigenvalue weighted by Gasteiger charge is -2.18. The van der Waals surface area contributed by atoms with E-state index < -0.39 is 18.1 Å². The Morgan fingerprint density at radius 1 is 1.28 bits per heavy atom. The number of alkyl halides is 1. The molecule has 2 aliphatic rings. The monoisotopic (exact) mass is 496 g/mol. The van der Waals surface area contributed by atoms with Crippen molar-refractivity contribution in [1.29, 1.82) is 0 Å². The van der Waals surface area contributed by atoms with Crippen molar-refractivity contribution in [3.8, 4) is 0 Å². The summed E-state index contributed by atoms with van der Waals surface area (Å²) in [4.78, 5) is 29.9. The van der Waals surface area contributed by atoms with Crippen LogP contribution in [0.1, 0.15) is 38.0 Å². The van der Waals surface area contributed by atoms with Crippen LogP contribution in [0.15, 0.2) is 25.2 Å². The molecule has 0 bridgehead atoms. The number of carbonyl (C=O) groups is 1. The first-order valence-corrected chi connectivity index (χ1v) is 12.3. The summed E-state index contributed by atoms with van der Waals surface area (Å²) in [6.45, 7) is 11.9. The van der Waals surface area contributed by atoms with Crippen molar-refractivity contribution in [2.45, 2.75) is 51.5 Å². The summed E-state index contributed by atoms with van der Waals surface area (Å²) in [5.41, 5.74) is 3.15. The summed E-state index contributed by atoms with van der Waals surface area (Å²) in [5.74, 6) is 0.518. The van der Waals surface area contributed by atoms with Gasteiger partial charge in [-0.15, -0.1) is 0 Å². The van der Waals surface area contributed by atoms with E-state index in [9.17, 15) is 9.18 Å². The fourth-order valence-corrected chi connectivity index (χ4v) is 4.97. The van der Waals surface area contributed by atoms with Gasteiger partial charge in [-0.25, -0.2) is 9.37 Å². The Hall–Kier alpha value is -3.54. The number of nitrogens with one attached hydrogen (secondary N) is 2. The molecule has 1 amide bonds. The third kappa shape index (κ3) is 4.41. The van der Waals surface area contributed by atoms with E-state index in [-0.39, 0.29) is 19.1 Å². The molecule has 12 heteroatoms. The number of imidazole rings is 1. The van der Waals surface area contributed by atoms with Crippen molar-refractivity contribution in [3.05, 3.63) is 30.9 Å². The zero-order valence-electron chi connectivity index (χ0n) is 21.1. The third-order valence-corrected chi connectivity index (χ3v) is 7.02. The Kier molecular flexibility index (Phi) is 6.37. The third-order valence-electron chi connectivity index (χ3n) is 7.02. The summed E-state index contributed by atoms with van der Waals surface area (Å²) in [5, 5.41) is 10.7. The molecule has 0 spiro atoms. The molecule has 3 aromatic heterocycles. The molecular weight excluding hydrogens is 463 g/mol. The van der Waals surface area contributed by atoms with Crippen LogP contribution in [0.2, 0.25) is 0 Å². The zero-order valence-corrected chi connectivity index (χ0v) is 21.1. The first kappa shape index (κ1) is 24.2. The SMILES string of the molecule is C=CC(=O)N[C@@H]1CN(c2nc(Nc3cnn([C@@H]4CCN(C)C4)c3C)c3ncn(C(C)C)c3n2)C[C@@H]1F. The first-order chi connectivity index (χ1) is 17.2. The van der Waals surface area contributed by atoms with Gasteiger partial charge in [-0.05, 0) is 46.9 Å². The van der Waals surface area contributed by atoms with Gasteiger partial charge in [-0.1, -0.05) is 6.58 Å². The predicted molar refractivity (Wildman–Crippen MR) is 136 cm³/mol. The number of halogens is 1. The van der Waals surface area contributed by atoms with E-state index in [0.29, 0.717) is 29.0 Å². The summed E-state index contributed by atoms with van der Waals surface area (Å²) < 4.78 is 18.8. The van der Waals surface area contributed by atoms with Gasteiger partial charge in [0.05, 0.1) is 42.5 Å². The number of likely N-dealkylation sites (N-methyl/N-ethyl adjacent to an activating group) is 1. The van der Waals surface area contributed by atoms with E-state index in [2.05, 4.69) is 57.8 Å². The number of anilines is 3. The van der Waals surface area contributed by atoms with Crippen molar-refractivity contribution in [1.82, 2.24) is 39.5 Å². The van der Waals surface area contributed by atoms with Crippen molar-refractivity contribution < 1.29 is 9.18 Å². The van der Waals surface area contributed by atoms with Crippen molar-refractivity contribution >= 4 is 34.5 Å². The predicted octanol–water partition coefficient (Wildman–Crippen LogP) is 2.36. The number of carbonyl (C=O) groups excluding carboxylic acids is 1. The Morgan fingerprint density at radius 3 is 2.78 bits per heavy atom. The van der Waals surface area contributed by atoms with Gasteiger partial charge in [0, 0.05) is 19.1 Å². The standard InChI is InChI=1S/C24H33FN10O/c1-6-20(36)28-19-12-33(11-17(19)25)24-30-22(21-23(31-24)34(13-26-21)14(2)3)29-18-9-27-35(15(18)4)16-7-8-32(5)10-16/h6,9,13-14,16-17,19H,1,7-8,10-12H2,2-5H3,(H,28,36)(H,29,30,31)/t16-,17+,19-/m1/s1. The number of hydrogen-bond acceptors (Lipinski definition) is 8. The maximum Gasteiger partial charge on any atom is 0.243 e. The van der Waals surface area contributed by atoms with Crippen LogP contribution in [0.3, 0.4) is 0 Å². The molecule has 5 heterocycles. The lowest BCUT2D eigenvalue weighted by Crippen LogP contribution is -2.40. The van der Waals surface area contributed by atoms with E-state index in [1.807, 2.05) is 17.7 Å². The molecule has 192 valence electrons. The molecule has 3 aromatic rings. The quantitative estimate of drug-likeness (QED) is 0.480. The molecule has 2 fully saturated rings. The summed E-state index contributed by atoms with van der Waals surface area (Å²) in [7, 11) is 2.12. The molecule has 0 aliphatic carbocycles. The fraction of sp³-hybridized carbons (Fsp3) is 0.542. The van der Waals surface area contributed by atoms with Crippen LogP contribution in [0.25, 0.3) is 11.2 Å². The molecule has 2 saturated heterocycles. The number of fused-ring (bicyclic) bond motifs is 1. The number of likely N-dealkylation sites (tertiary alicyclic amines) is 1. The van der Waals surface area contributed by atoms with Gasteiger partial charge in [-0.3, -0.25) is 9.48 Å². The molecule has 11 nitrogen and oxygen atoms in total. The van der Waals surface area contributed by atoms with Gasteiger partial charge in [-0.2, -0.15) is 15.1 Å². The van der Waals surface area contributed by atoms with Gasteiger partial charge < -0.3 is 25.0 Å². The molecule has 0 saturated carbocycles. The second kappa shape index (κ2) is 9.49. The Balaban J connectivity index is 1.48. The Bertz CT molecular complexity index is 1280. The number of amides is 1. The number of aromatic nitrogens is 6. The fourth-order valence-electron chi connectivity index (χ4n) is 4.97. The minimum atomic E-state index is -1.25. The number of rotatable bonds is 7. The average molecular weight is 497 g/mol. The van der Waals surface area contributed by atoms with Crippen LogP contribution in [0, 0.1) is 6.92 Å². The summed E-state index contributed by atoms with van der Waals surface area (Å²) in [6.07, 6.45) is 4.52.